The second-order valence-corrected chi connectivity index (χ2v) is 8.76. The third kappa shape index (κ3) is 8.79. The minimum absolute atomic E-state index is 0.0276. The summed E-state index contributed by atoms with van der Waals surface area (Å²) in [6.07, 6.45) is -0.572. The van der Waals surface area contributed by atoms with Gasteiger partial charge in [0.25, 0.3) is 0 Å². The molecule has 0 aliphatic rings. The van der Waals surface area contributed by atoms with Crippen LogP contribution in [-0.2, 0) is 14.2 Å². The van der Waals surface area contributed by atoms with Gasteiger partial charge in [0.05, 0.1) is 25.3 Å². The number of nitrogens with one attached hydrogen (secondary N) is 3. The zero-order valence-electron chi connectivity index (χ0n) is 21.0. The van der Waals surface area contributed by atoms with Gasteiger partial charge < -0.3 is 30.2 Å². The highest BCUT2D eigenvalue weighted by Crippen LogP contribution is 2.26. The van der Waals surface area contributed by atoms with E-state index in [1.807, 2.05) is 44.2 Å². The number of nitrogens with zero attached hydrogens (tertiary/aromatic N) is 2. The van der Waals surface area contributed by atoms with Crippen LogP contribution in [0.15, 0.2) is 30.3 Å². The molecule has 188 valence electrons. The molecule has 0 saturated heterocycles. The van der Waals surface area contributed by atoms with Crippen LogP contribution in [0.3, 0.4) is 0 Å². The first-order valence-corrected chi connectivity index (χ1v) is 11.2. The molecule has 1 aromatic carbocycles. The second-order valence-electron chi connectivity index (χ2n) is 8.76. The monoisotopic (exact) mass is 483 g/mol. The van der Waals surface area contributed by atoms with Gasteiger partial charge in [0.2, 0.25) is 0 Å². The number of carbonyl (C=O) groups is 2. The van der Waals surface area contributed by atoms with E-state index in [4.69, 9.17) is 14.2 Å². The first kappa shape index (κ1) is 27.4. The van der Waals surface area contributed by atoms with Crippen LogP contribution < -0.4 is 16.0 Å². The van der Waals surface area contributed by atoms with E-state index in [1.54, 1.807) is 20.8 Å². The van der Waals surface area contributed by atoms with Gasteiger partial charge in [-0.3, -0.25) is 0 Å². The number of rotatable bonds is 10. The Morgan fingerprint density at radius 2 is 1.97 bits per heavy atom. The maximum absolute atomic E-state index is 12.5. The van der Waals surface area contributed by atoms with Crippen LogP contribution >= 0.6 is 0 Å². The first-order valence-electron chi connectivity index (χ1n) is 11.2. The second kappa shape index (κ2) is 12.6. The molecule has 1 aromatic heterocycles. The lowest BCUT2D eigenvalue weighted by Crippen LogP contribution is -2.45. The molecule has 0 radical (unpaired) electrons. The van der Waals surface area contributed by atoms with Crippen LogP contribution in [0.5, 0.6) is 0 Å². The largest absolute Gasteiger partial charge is 0.465 e. The first-order chi connectivity index (χ1) is 16.6. The summed E-state index contributed by atoms with van der Waals surface area (Å²) in [5.74, 6) is -0.182. The standard InChI is InChI=1S/C25H33N5O5/c1-7-34-15-19(29-24(32)35-25(3,4)5)14-27-20-12-17(13-26)21(23(31)33-6)22(30-20)28-18-10-8-9-16(2)11-18/h8-12,19H,7,14-15H2,1-6H3,(H,29,32)(H2,27,28,30)/t19-/m1/s1. The van der Waals surface area contributed by atoms with Gasteiger partial charge in [0.1, 0.15) is 28.9 Å². The molecule has 2 rings (SSSR count). The summed E-state index contributed by atoms with van der Waals surface area (Å²) in [5.41, 5.74) is 1.18. The van der Waals surface area contributed by atoms with Crippen molar-refractivity contribution in [3.8, 4) is 6.07 Å². The van der Waals surface area contributed by atoms with Gasteiger partial charge >= 0.3 is 12.1 Å². The number of benzene rings is 1. The molecule has 0 saturated carbocycles. The summed E-state index contributed by atoms with van der Waals surface area (Å²) in [7, 11) is 1.24. The van der Waals surface area contributed by atoms with E-state index in [2.05, 4.69) is 20.9 Å². The van der Waals surface area contributed by atoms with Gasteiger partial charge in [-0.1, -0.05) is 12.1 Å². The highest BCUT2D eigenvalue weighted by molar-refractivity contribution is 5.98. The molecule has 1 heterocycles. The quantitative estimate of drug-likeness (QED) is 0.426. The van der Waals surface area contributed by atoms with Crippen molar-refractivity contribution in [3.05, 3.63) is 47.0 Å². The Bertz CT molecular complexity index is 1070. The molecular formula is C25H33N5O5. The maximum Gasteiger partial charge on any atom is 0.408 e. The lowest BCUT2D eigenvalue weighted by Gasteiger charge is -2.24. The zero-order valence-corrected chi connectivity index (χ0v) is 21.0. The van der Waals surface area contributed by atoms with Crippen molar-refractivity contribution in [1.82, 2.24) is 10.3 Å². The summed E-state index contributed by atoms with van der Waals surface area (Å²) >= 11 is 0. The Morgan fingerprint density at radius 1 is 1.23 bits per heavy atom. The van der Waals surface area contributed by atoms with E-state index in [0.29, 0.717) is 18.1 Å². The molecule has 0 fully saturated rings. The van der Waals surface area contributed by atoms with E-state index in [-0.39, 0.29) is 30.1 Å². The van der Waals surface area contributed by atoms with Crippen LogP contribution in [-0.4, -0.2) is 55.6 Å². The summed E-state index contributed by atoms with van der Waals surface area (Å²) in [5, 5.41) is 18.7. The lowest BCUT2D eigenvalue weighted by atomic mass is 10.1. The third-order valence-electron chi connectivity index (χ3n) is 4.58. The van der Waals surface area contributed by atoms with Crippen LogP contribution in [0.2, 0.25) is 0 Å². The predicted molar refractivity (Wildman–Crippen MR) is 133 cm³/mol. The average molecular weight is 484 g/mol. The Hall–Kier alpha value is -3.84. The van der Waals surface area contributed by atoms with Crippen LogP contribution in [0.1, 0.15) is 49.2 Å². The molecule has 2 aromatic rings. The molecule has 0 bridgehead atoms. The van der Waals surface area contributed by atoms with Crippen molar-refractivity contribution in [2.24, 2.45) is 0 Å². The van der Waals surface area contributed by atoms with E-state index in [0.717, 1.165) is 5.56 Å². The van der Waals surface area contributed by atoms with Crippen LogP contribution in [0.4, 0.5) is 22.1 Å². The molecular weight excluding hydrogens is 450 g/mol. The van der Waals surface area contributed by atoms with Crippen LogP contribution in [0.25, 0.3) is 0 Å². The number of nitriles is 1. The van der Waals surface area contributed by atoms with Crippen molar-refractivity contribution in [3.63, 3.8) is 0 Å². The molecule has 0 aliphatic carbocycles. The SMILES string of the molecule is CCOC[C@@H](CNc1cc(C#N)c(C(=O)OC)c(Nc2cccc(C)c2)n1)NC(=O)OC(C)(C)C. The minimum Gasteiger partial charge on any atom is -0.465 e. The van der Waals surface area contributed by atoms with Crippen molar-refractivity contribution < 1.29 is 23.8 Å². The highest BCUT2D eigenvalue weighted by Gasteiger charge is 2.23. The van der Waals surface area contributed by atoms with Gasteiger partial charge in [-0.2, -0.15) is 5.26 Å². The number of esters is 1. The Labute approximate surface area is 206 Å². The van der Waals surface area contributed by atoms with Gasteiger partial charge in [-0.05, 0) is 58.4 Å². The summed E-state index contributed by atoms with van der Waals surface area (Å²) in [6.45, 7) is 10.1. The van der Waals surface area contributed by atoms with E-state index in [1.165, 1.54) is 13.2 Å². The van der Waals surface area contributed by atoms with Gasteiger partial charge in [-0.15, -0.1) is 0 Å². The molecule has 3 N–H and O–H groups in total. The number of amides is 1. The summed E-state index contributed by atoms with van der Waals surface area (Å²) in [6, 6.07) is 10.6. The number of pyridine rings is 1. The van der Waals surface area contributed by atoms with Crippen molar-refractivity contribution in [2.75, 3.05) is 37.5 Å². The number of methoxy groups -OCH3 is 1. The molecule has 10 heteroatoms. The number of alkyl carbamates (subject to hydrolysis) is 1. The molecule has 1 atom stereocenters. The zero-order chi connectivity index (χ0) is 26.0. The molecule has 1 amide bonds. The Balaban J connectivity index is 2.31. The molecule has 0 unspecified atom stereocenters. The number of aryl methyl sites for hydroxylation is 1. The fourth-order valence-electron chi connectivity index (χ4n) is 3.10. The molecule has 35 heavy (non-hydrogen) atoms. The fraction of sp³-hybridized carbons (Fsp3) is 0.440. The van der Waals surface area contributed by atoms with E-state index < -0.39 is 23.7 Å². The van der Waals surface area contributed by atoms with Gasteiger partial charge in [0, 0.05) is 18.8 Å². The fourth-order valence-corrected chi connectivity index (χ4v) is 3.10. The third-order valence-corrected chi connectivity index (χ3v) is 4.58. The smallest absolute Gasteiger partial charge is 0.408 e. The number of hydrogen-bond acceptors (Lipinski definition) is 9. The van der Waals surface area contributed by atoms with E-state index >= 15 is 0 Å². The number of anilines is 3. The topological polar surface area (TPSA) is 135 Å². The van der Waals surface area contributed by atoms with Gasteiger partial charge in [-0.25, -0.2) is 14.6 Å². The normalized spacial score (nSPS) is 11.7. The highest BCUT2D eigenvalue weighted by atomic mass is 16.6. The minimum atomic E-state index is -0.684. The summed E-state index contributed by atoms with van der Waals surface area (Å²) < 4.78 is 15.7. The van der Waals surface area contributed by atoms with Crippen molar-refractivity contribution in [2.45, 2.75) is 46.3 Å². The number of carbonyl (C=O) groups excluding carboxylic acids is 2. The van der Waals surface area contributed by atoms with Gasteiger partial charge in [0.15, 0.2) is 0 Å². The Kier molecular flexibility index (Phi) is 9.85. The van der Waals surface area contributed by atoms with Crippen molar-refractivity contribution >= 4 is 29.4 Å². The molecule has 10 nitrogen and oxygen atoms in total. The van der Waals surface area contributed by atoms with Crippen molar-refractivity contribution in [1.29, 1.82) is 5.26 Å². The average Bonchev–Trinajstić information content (AvgIpc) is 2.78. The number of ether oxygens (including phenoxy) is 3. The maximum atomic E-state index is 12.5. The van der Waals surface area contributed by atoms with E-state index in [9.17, 15) is 14.9 Å². The molecule has 0 spiro atoms. The molecule has 0 aliphatic heterocycles. The Morgan fingerprint density at radius 3 is 2.57 bits per heavy atom. The number of aromatic nitrogens is 1. The number of hydrogen-bond donors (Lipinski definition) is 3. The van der Waals surface area contributed by atoms with Crippen LogP contribution in [0, 0.1) is 18.3 Å². The lowest BCUT2D eigenvalue weighted by molar-refractivity contribution is 0.0456. The predicted octanol–water partition coefficient (Wildman–Crippen LogP) is 4.13. The summed E-state index contributed by atoms with van der Waals surface area (Å²) in [4.78, 5) is 29.2.